The van der Waals surface area contributed by atoms with Crippen LogP contribution >= 0.6 is 11.8 Å². The zero-order chi connectivity index (χ0) is 11.9. The van der Waals surface area contributed by atoms with Gasteiger partial charge in [-0.3, -0.25) is 9.78 Å². The second kappa shape index (κ2) is 6.64. The summed E-state index contributed by atoms with van der Waals surface area (Å²) in [5.41, 5.74) is 0. The van der Waals surface area contributed by atoms with Crippen molar-refractivity contribution in [2.45, 2.75) is 30.6 Å². The third-order valence-electron chi connectivity index (χ3n) is 2.97. The summed E-state index contributed by atoms with van der Waals surface area (Å²) in [7, 11) is 0. The number of hydrogen-bond acceptors (Lipinski definition) is 3. The van der Waals surface area contributed by atoms with Crippen molar-refractivity contribution >= 4 is 17.7 Å². The van der Waals surface area contributed by atoms with Gasteiger partial charge >= 0.3 is 0 Å². The molecule has 1 aromatic heterocycles. The second-order valence-electron chi connectivity index (χ2n) is 4.27. The molecule has 0 unspecified atom stereocenters. The number of nitrogens with zero attached hydrogens (tertiary/aromatic N) is 2. The summed E-state index contributed by atoms with van der Waals surface area (Å²) in [5.74, 6) is 0.818. The summed E-state index contributed by atoms with van der Waals surface area (Å²) in [4.78, 5) is 19.1. The quantitative estimate of drug-likeness (QED) is 0.773. The van der Waals surface area contributed by atoms with Crippen molar-refractivity contribution in [1.29, 1.82) is 0 Å². The predicted octanol–water partition coefficient (Wildman–Crippen LogP) is 2.58. The third-order valence-corrected chi connectivity index (χ3v) is 3.97. The van der Waals surface area contributed by atoms with E-state index in [0.717, 1.165) is 30.8 Å². The van der Waals surface area contributed by atoms with Crippen LogP contribution in [0.25, 0.3) is 0 Å². The number of pyridine rings is 1. The molecule has 1 aliphatic heterocycles. The van der Waals surface area contributed by atoms with E-state index < -0.39 is 0 Å². The van der Waals surface area contributed by atoms with Gasteiger partial charge in [-0.05, 0) is 25.0 Å². The van der Waals surface area contributed by atoms with E-state index in [1.165, 1.54) is 12.8 Å². The van der Waals surface area contributed by atoms with Crippen molar-refractivity contribution in [3.63, 3.8) is 0 Å². The molecule has 0 radical (unpaired) electrons. The normalized spacial score (nSPS) is 16.6. The molecule has 3 nitrogen and oxygen atoms in total. The number of carbonyl (C=O) groups is 1. The Labute approximate surface area is 107 Å². The number of carbonyl (C=O) groups excluding carboxylic acids is 1. The van der Waals surface area contributed by atoms with E-state index in [1.807, 2.05) is 17.0 Å². The zero-order valence-electron chi connectivity index (χ0n) is 9.97. The highest BCUT2D eigenvalue weighted by molar-refractivity contribution is 8.00. The van der Waals surface area contributed by atoms with Crippen LogP contribution in [0.1, 0.15) is 25.7 Å². The van der Waals surface area contributed by atoms with E-state index in [0.29, 0.717) is 5.75 Å². The number of rotatable bonds is 3. The van der Waals surface area contributed by atoms with Gasteiger partial charge in [-0.25, -0.2) is 0 Å². The SMILES string of the molecule is O=C(CSc1ccncc1)N1CCCCCC1. The molecule has 0 bridgehead atoms. The Morgan fingerprint density at radius 1 is 1.18 bits per heavy atom. The maximum atomic E-state index is 12.0. The molecule has 92 valence electrons. The average molecular weight is 250 g/mol. The van der Waals surface area contributed by atoms with E-state index in [9.17, 15) is 4.79 Å². The summed E-state index contributed by atoms with van der Waals surface area (Å²) in [6, 6.07) is 3.89. The Morgan fingerprint density at radius 2 is 1.82 bits per heavy atom. The van der Waals surface area contributed by atoms with Crippen LogP contribution in [0.4, 0.5) is 0 Å². The fourth-order valence-electron chi connectivity index (χ4n) is 1.99. The van der Waals surface area contributed by atoms with Crippen LogP contribution in [-0.4, -0.2) is 34.6 Å². The first-order valence-corrected chi connectivity index (χ1v) is 7.15. The molecule has 1 aliphatic rings. The summed E-state index contributed by atoms with van der Waals surface area (Å²) in [6.07, 6.45) is 8.37. The average Bonchev–Trinajstić information content (AvgIpc) is 2.66. The number of thioether (sulfide) groups is 1. The first-order chi connectivity index (χ1) is 8.36. The van der Waals surface area contributed by atoms with Crippen molar-refractivity contribution < 1.29 is 4.79 Å². The molecule has 1 aromatic rings. The highest BCUT2D eigenvalue weighted by atomic mass is 32.2. The molecule has 0 aromatic carbocycles. The largest absolute Gasteiger partial charge is 0.342 e. The summed E-state index contributed by atoms with van der Waals surface area (Å²) >= 11 is 1.60. The van der Waals surface area contributed by atoms with E-state index in [1.54, 1.807) is 24.2 Å². The number of likely N-dealkylation sites (tertiary alicyclic amines) is 1. The summed E-state index contributed by atoms with van der Waals surface area (Å²) in [5, 5.41) is 0. The molecule has 1 saturated heterocycles. The van der Waals surface area contributed by atoms with Crippen molar-refractivity contribution in [3.05, 3.63) is 24.5 Å². The Morgan fingerprint density at radius 3 is 2.47 bits per heavy atom. The molecule has 1 amide bonds. The van der Waals surface area contributed by atoms with Crippen LogP contribution in [0.5, 0.6) is 0 Å². The summed E-state index contributed by atoms with van der Waals surface area (Å²) in [6.45, 7) is 1.88. The van der Waals surface area contributed by atoms with E-state index in [2.05, 4.69) is 4.98 Å². The predicted molar refractivity (Wildman–Crippen MR) is 70.0 cm³/mol. The monoisotopic (exact) mass is 250 g/mol. The molecule has 0 aliphatic carbocycles. The van der Waals surface area contributed by atoms with Crippen molar-refractivity contribution in [1.82, 2.24) is 9.88 Å². The maximum absolute atomic E-state index is 12.0. The van der Waals surface area contributed by atoms with Crippen molar-refractivity contribution in [2.75, 3.05) is 18.8 Å². The Bertz CT molecular complexity index is 348. The van der Waals surface area contributed by atoms with Crippen LogP contribution in [-0.2, 0) is 4.79 Å². The molecule has 0 saturated carbocycles. The minimum absolute atomic E-state index is 0.272. The molecule has 0 atom stereocenters. The lowest BCUT2D eigenvalue weighted by Crippen LogP contribution is -2.33. The minimum atomic E-state index is 0.272. The molecule has 4 heteroatoms. The second-order valence-corrected chi connectivity index (χ2v) is 5.32. The topological polar surface area (TPSA) is 33.2 Å². The molecular weight excluding hydrogens is 232 g/mol. The van der Waals surface area contributed by atoms with Gasteiger partial charge in [-0.1, -0.05) is 12.8 Å². The molecule has 2 rings (SSSR count). The fraction of sp³-hybridized carbons (Fsp3) is 0.538. The van der Waals surface area contributed by atoms with Gasteiger partial charge in [-0.15, -0.1) is 11.8 Å². The van der Waals surface area contributed by atoms with Gasteiger partial charge in [-0.2, -0.15) is 0 Å². The molecule has 0 spiro atoms. The molecule has 1 fully saturated rings. The lowest BCUT2D eigenvalue weighted by Gasteiger charge is -2.19. The van der Waals surface area contributed by atoms with Gasteiger partial charge in [0.05, 0.1) is 5.75 Å². The third kappa shape index (κ3) is 4.04. The van der Waals surface area contributed by atoms with Gasteiger partial charge in [0.15, 0.2) is 0 Å². The lowest BCUT2D eigenvalue weighted by molar-refractivity contribution is -0.128. The van der Waals surface area contributed by atoms with Gasteiger partial charge in [0.1, 0.15) is 0 Å². The first kappa shape index (κ1) is 12.4. The van der Waals surface area contributed by atoms with Crippen molar-refractivity contribution in [2.24, 2.45) is 0 Å². The lowest BCUT2D eigenvalue weighted by atomic mass is 10.2. The van der Waals surface area contributed by atoms with Crippen LogP contribution in [0.15, 0.2) is 29.4 Å². The van der Waals surface area contributed by atoms with Gasteiger partial charge in [0.2, 0.25) is 5.91 Å². The van der Waals surface area contributed by atoms with E-state index in [4.69, 9.17) is 0 Å². The standard InChI is InChI=1S/C13H18N2OS/c16-13(15-9-3-1-2-4-10-15)11-17-12-5-7-14-8-6-12/h5-8H,1-4,9-11H2. The first-order valence-electron chi connectivity index (χ1n) is 6.17. The zero-order valence-corrected chi connectivity index (χ0v) is 10.8. The number of hydrogen-bond donors (Lipinski definition) is 0. The number of amides is 1. The summed E-state index contributed by atoms with van der Waals surface area (Å²) < 4.78 is 0. The van der Waals surface area contributed by atoms with Gasteiger partial charge in [0.25, 0.3) is 0 Å². The fourth-order valence-corrected chi connectivity index (χ4v) is 2.78. The van der Waals surface area contributed by atoms with Gasteiger partial charge < -0.3 is 4.90 Å². The molecular formula is C13H18N2OS. The maximum Gasteiger partial charge on any atom is 0.232 e. The smallest absolute Gasteiger partial charge is 0.232 e. The van der Waals surface area contributed by atoms with E-state index >= 15 is 0 Å². The number of aromatic nitrogens is 1. The van der Waals surface area contributed by atoms with Crippen molar-refractivity contribution in [3.8, 4) is 0 Å². The molecule has 0 N–H and O–H groups in total. The highest BCUT2D eigenvalue weighted by Gasteiger charge is 2.15. The van der Waals surface area contributed by atoms with Crippen LogP contribution < -0.4 is 0 Å². The molecule has 17 heavy (non-hydrogen) atoms. The van der Waals surface area contributed by atoms with Crippen LogP contribution in [0.2, 0.25) is 0 Å². The minimum Gasteiger partial charge on any atom is -0.342 e. The Kier molecular flexibility index (Phi) is 4.86. The highest BCUT2D eigenvalue weighted by Crippen LogP contribution is 2.18. The molecule has 2 heterocycles. The Hall–Kier alpha value is -1.03. The Balaban J connectivity index is 1.80. The van der Waals surface area contributed by atoms with Gasteiger partial charge in [0, 0.05) is 30.4 Å². The van der Waals surface area contributed by atoms with E-state index in [-0.39, 0.29) is 5.91 Å². The van der Waals surface area contributed by atoms with Crippen LogP contribution in [0, 0.1) is 0 Å². The van der Waals surface area contributed by atoms with Crippen LogP contribution in [0.3, 0.4) is 0 Å².